The molecule has 0 saturated heterocycles. The van der Waals surface area contributed by atoms with E-state index in [1.54, 1.807) is 18.5 Å². The van der Waals surface area contributed by atoms with E-state index in [1.807, 2.05) is 66.9 Å². The maximum Gasteiger partial charge on any atom is 0.265 e. The normalized spacial score (nSPS) is 21.9. The lowest BCUT2D eigenvalue weighted by Crippen LogP contribution is -2.53. The van der Waals surface area contributed by atoms with Gasteiger partial charge in [-0.3, -0.25) is 4.99 Å². The van der Waals surface area contributed by atoms with E-state index in [1.165, 1.54) is 0 Å². The van der Waals surface area contributed by atoms with Crippen LogP contribution in [-0.4, -0.2) is 16.6 Å². The standard InChI is InChI=1S/C22H18N5O/c23-17-5-2-6-19(13-17)28-18-9-7-16(8-10-18)22-26-21(15-3-1-4-15)20-14-25-11-12-27(20,22)24/h1-14H,23-24H2/q+1. The quantitative estimate of drug-likeness (QED) is 0.489. The van der Waals surface area contributed by atoms with Gasteiger partial charge in [-0.05, 0) is 36.4 Å². The first-order valence-corrected chi connectivity index (χ1v) is 8.88. The molecule has 0 aromatic heterocycles. The maximum absolute atomic E-state index is 6.70. The van der Waals surface area contributed by atoms with Crippen LogP contribution in [0.1, 0.15) is 5.56 Å². The Hall–Kier alpha value is -3.74. The number of hydrogen-bond acceptors (Lipinski definition) is 5. The highest BCUT2D eigenvalue weighted by Gasteiger charge is 2.44. The maximum atomic E-state index is 6.70. The number of amidine groups is 1. The lowest BCUT2D eigenvalue weighted by molar-refractivity contribution is -0.750. The monoisotopic (exact) mass is 368 g/mol. The first-order chi connectivity index (χ1) is 13.6. The van der Waals surface area contributed by atoms with Crippen molar-refractivity contribution in [3.05, 3.63) is 102 Å². The number of fused-ring (bicyclic) bond motifs is 1. The van der Waals surface area contributed by atoms with Crippen molar-refractivity contribution >= 4 is 17.7 Å². The van der Waals surface area contributed by atoms with Gasteiger partial charge in [-0.1, -0.05) is 24.3 Å². The molecule has 0 bridgehead atoms. The summed E-state index contributed by atoms with van der Waals surface area (Å²) in [5.74, 6) is 8.85. The van der Waals surface area contributed by atoms with E-state index in [0.29, 0.717) is 17.2 Å². The average molecular weight is 368 g/mol. The minimum absolute atomic E-state index is 0.000560. The van der Waals surface area contributed by atoms with Gasteiger partial charge in [0.1, 0.15) is 23.4 Å². The van der Waals surface area contributed by atoms with Crippen LogP contribution in [0.5, 0.6) is 11.5 Å². The molecule has 2 heterocycles. The van der Waals surface area contributed by atoms with Crippen LogP contribution in [0.2, 0.25) is 0 Å². The van der Waals surface area contributed by atoms with Gasteiger partial charge in [-0.2, -0.15) is 10.8 Å². The summed E-state index contributed by atoms with van der Waals surface area (Å²) in [5, 5.41) is 0. The molecule has 3 aliphatic rings. The third kappa shape index (κ3) is 2.60. The van der Waals surface area contributed by atoms with Crippen molar-refractivity contribution < 1.29 is 9.33 Å². The predicted octanol–water partition coefficient (Wildman–Crippen LogP) is 3.78. The summed E-state index contributed by atoms with van der Waals surface area (Å²) in [7, 11) is 0. The van der Waals surface area contributed by atoms with E-state index in [-0.39, 0.29) is 4.59 Å². The first kappa shape index (κ1) is 16.4. The van der Waals surface area contributed by atoms with Gasteiger partial charge in [-0.25, -0.2) is 0 Å². The molecule has 5 rings (SSSR count). The van der Waals surface area contributed by atoms with Gasteiger partial charge in [0.25, 0.3) is 5.84 Å². The summed E-state index contributed by atoms with van der Waals surface area (Å²) in [5.41, 5.74) is 10.1. The summed E-state index contributed by atoms with van der Waals surface area (Å²) >= 11 is 0. The molecule has 6 heteroatoms. The van der Waals surface area contributed by atoms with Gasteiger partial charge in [-0.15, -0.1) is 4.59 Å². The minimum atomic E-state index is -0.000560. The summed E-state index contributed by atoms with van der Waals surface area (Å²) in [6.45, 7) is 0. The number of allylic oxidation sites excluding steroid dienone is 4. The molecule has 2 aromatic rings. The Balaban J connectivity index is 1.46. The van der Waals surface area contributed by atoms with Gasteiger partial charge in [0.15, 0.2) is 0 Å². The molecule has 28 heavy (non-hydrogen) atoms. The Morgan fingerprint density at radius 1 is 1.00 bits per heavy atom. The van der Waals surface area contributed by atoms with Crippen molar-refractivity contribution in [3.63, 3.8) is 0 Å². The van der Waals surface area contributed by atoms with E-state index in [4.69, 9.17) is 21.3 Å². The summed E-state index contributed by atoms with van der Waals surface area (Å²) < 4.78 is 5.87. The predicted molar refractivity (Wildman–Crippen MR) is 110 cm³/mol. The van der Waals surface area contributed by atoms with Gasteiger partial charge in [0.2, 0.25) is 5.70 Å². The largest absolute Gasteiger partial charge is 0.457 e. The molecule has 1 unspecified atom stereocenters. The fourth-order valence-corrected chi connectivity index (χ4v) is 3.33. The van der Waals surface area contributed by atoms with E-state index in [2.05, 4.69) is 4.99 Å². The zero-order valence-corrected chi connectivity index (χ0v) is 15.0. The zero-order valence-electron chi connectivity index (χ0n) is 15.0. The number of rotatable bonds is 4. The van der Waals surface area contributed by atoms with E-state index < -0.39 is 0 Å². The fourth-order valence-electron chi connectivity index (χ4n) is 3.33. The van der Waals surface area contributed by atoms with E-state index >= 15 is 0 Å². The van der Waals surface area contributed by atoms with Crippen LogP contribution in [0, 0.1) is 0 Å². The van der Waals surface area contributed by atoms with Crippen LogP contribution >= 0.6 is 0 Å². The molecular formula is C22H18N5O+. The summed E-state index contributed by atoms with van der Waals surface area (Å²) in [6.07, 6.45) is 11.3. The average Bonchev–Trinajstić information content (AvgIpc) is 2.94. The van der Waals surface area contributed by atoms with Crippen molar-refractivity contribution in [3.8, 4) is 11.5 Å². The number of nitrogens with zero attached hydrogens (tertiary/aromatic N) is 3. The molecule has 136 valence electrons. The molecule has 6 nitrogen and oxygen atoms in total. The number of nitrogen functional groups attached to an aromatic ring is 1. The number of aliphatic imine (C=N–C) groups is 2. The summed E-state index contributed by atoms with van der Waals surface area (Å²) in [6, 6.07) is 15.0. The Morgan fingerprint density at radius 2 is 1.82 bits per heavy atom. The highest BCUT2D eigenvalue weighted by molar-refractivity contribution is 6.01. The Labute approximate surface area is 162 Å². The lowest BCUT2D eigenvalue weighted by atomic mass is 10.0. The minimum Gasteiger partial charge on any atom is -0.457 e. The highest BCUT2D eigenvalue weighted by atomic mass is 16.5. The number of hydrogen-bond donors (Lipinski definition) is 2. The molecule has 2 aliphatic heterocycles. The second-order valence-electron chi connectivity index (χ2n) is 6.70. The molecule has 1 atom stereocenters. The molecule has 1 aliphatic carbocycles. The van der Waals surface area contributed by atoms with Gasteiger partial charge < -0.3 is 10.5 Å². The van der Waals surface area contributed by atoms with Crippen LogP contribution in [0.15, 0.2) is 106 Å². The number of quaternary nitrogens is 1. The zero-order chi connectivity index (χ0) is 19.1. The van der Waals surface area contributed by atoms with Crippen molar-refractivity contribution in [2.45, 2.75) is 0 Å². The second kappa shape index (κ2) is 6.16. The Morgan fingerprint density at radius 3 is 2.54 bits per heavy atom. The lowest BCUT2D eigenvalue weighted by Gasteiger charge is -2.26. The van der Waals surface area contributed by atoms with Crippen molar-refractivity contribution in [2.24, 2.45) is 15.8 Å². The van der Waals surface area contributed by atoms with Crippen LogP contribution < -0.4 is 16.3 Å². The number of ether oxygens (including phenoxy) is 1. The molecule has 4 N–H and O–H groups in total. The molecule has 2 aromatic carbocycles. The number of benzene rings is 2. The molecule has 0 amide bonds. The van der Waals surface area contributed by atoms with Crippen molar-refractivity contribution in [1.29, 1.82) is 0 Å². The second-order valence-corrected chi connectivity index (χ2v) is 6.70. The van der Waals surface area contributed by atoms with E-state index in [0.717, 1.165) is 28.4 Å². The third-order valence-corrected chi connectivity index (χ3v) is 4.83. The Kier molecular flexibility index (Phi) is 3.61. The van der Waals surface area contributed by atoms with Crippen LogP contribution in [0.4, 0.5) is 5.69 Å². The molecule has 0 fully saturated rings. The molecule has 0 radical (unpaired) electrons. The number of nitrogens with two attached hydrogens (primary N) is 2. The topological polar surface area (TPSA) is 86.0 Å². The van der Waals surface area contributed by atoms with Crippen LogP contribution in [-0.2, 0) is 0 Å². The van der Waals surface area contributed by atoms with Crippen LogP contribution in [0.3, 0.4) is 0 Å². The summed E-state index contributed by atoms with van der Waals surface area (Å²) in [4.78, 5) is 9.08. The van der Waals surface area contributed by atoms with Crippen LogP contribution in [0.25, 0.3) is 0 Å². The van der Waals surface area contributed by atoms with Crippen molar-refractivity contribution in [2.75, 3.05) is 5.73 Å². The van der Waals surface area contributed by atoms with E-state index in [9.17, 15) is 0 Å². The smallest absolute Gasteiger partial charge is 0.265 e. The number of anilines is 1. The first-order valence-electron chi connectivity index (χ1n) is 8.88. The molecular weight excluding hydrogens is 350 g/mol. The molecule has 0 saturated carbocycles. The van der Waals surface area contributed by atoms with Gasteiger partial charge in [0.05, 0.1) is 18.0 Å². The third-order valence-electron chi connectivity index (χ3n) is 4.83. The van der Waals surface area contributed by atoms with Gasteiger partial charge >= 0.3 is 0 Å². The Bertz CT molecular complexity index is 1150. The highest BCUT2D eigenvalue weighted by Crippen LogP contribution is 2.36. The van der Waals surface area contributed by atoms with Gasteiger partial charge in [0, 0.05) is 17.3 Å². The van der Waals surface area contributed by atoms with Crippen molar-refractivity contribution in [1.82, 2.24) is 0 Å². The fraction of sp³-hybridized carbons (Fsp3) is 0. The molecule has 0 spiro atoms. The SMILES string of the molecule is Nc1cccc(Oc2ccc(C3=NC(C4=CC=C4)=C4C=NC=C[N+]34N)cc2)c1.